The van der Waals surface area contributed by atoms with E-state index in [2.05, 4.69) is 0 Å². The first-order chi connectivity index (χ1) is 7.49. The zero-order valence-electron chi connectivity index (χ0n) is 9.27. The van der Waals surface area contributed by atoms with Gasteiger partial charge in [-0.25, -0.2) is 0 Å². The van der Waals surface area contributed by atoms with Crippen LogP contribution < -0.4 is 5.73 Å². The quantitative estimate of drug-likeness (QED) is 0.778. The van der Waals surface area contributed by atoms with Crippen molar-refractivity contribution in [2.24, 2.45) is 0 Å². The SMILES string of the molecule is CC1(O)CCN(C(=O)c2sccc2N)CC1. The van der Waals surface area contributed by atoms with Crippen molar-refractivity contribution in [2.45, 2.75) is 25.4 Å². The average molecular weight is 240 g/mol. The summed E-state index contributed by atoms with van der Waals surface area (Å²) < 4.78 is 0. The predicted octanol–water partition coefficient (Wildman–Crippen LogP) is 1.32. The number of hydrogen-bond acceptors (Lipinski definition) is 4. The number of nitrogens with two attached hydrogens (primary N) is 1. The molecule has 1 aromatic heterocycles. The number of nitrogens with zero attached hydrogens (tertiary/aromatic N) is 1. The highest BCUT2D eigenvalue weighted by Gasteiger charge is 2.30. The zero-order valence-corrected chi connectivity index (χ0v) is 10.1. The van der Waals surface area contributed by atoms with Crippen molar-refractivity contribution in [2.75, 3.05) is 18.8 Å². The first-order valence-corrected chi connectivity index (χ1v) is 6.22. The number of carbonyl (C=O) groups excluding carboxylic acids is 1. The fourth-order valence-corrected chi connectivity index (χ4v) is 2.61. The second kappa shape index (κ2) is 4.07. The Balaban J connectivity index is 2.05. The summed E-state index contributed by atoms with van der Waals surface area (Å²) in [4.78, 5) is 14.4. The number of rotatable bonds is 1. The van der Waals surface area contributed by atoms with E-state index in [1.807, 2.05) is 12.3 Å². The third kappa shape index (κ3) is 2.20. The number of amides is 1. The predicted molar refractivity (Wildman–Crippen MR) is 64.5 cm³/mol. The summed E-state index contributed by atoms with van der Waals surface area (Å²) in [5.41, 5.74) is 5.64. The summed E-state index contributed by atoms with van der Waals surface area (Å²) in [5, 5.41) is 11.6. The lowest BCUT2D eigenvalue weighted by Gasteiger charge is -2.35. The van der Waals surface area contributed by atoms with Gasteiger partial charge in [0.15, 0.2) is 0 Å². The molecule has 0 spiro atoms. The molecule has 0 unspecified atom stereocenters. The molecule has 5 heteroatoms. The number of thiophene rings is 1. The zero-order chi connectivity index (χ0) is 11.8. The van der Waals surface area contributed by atoms with Gasteiger partial charge in [0.2, 0.25) is 0 Å². The molecule has 0 atom stereocenters. The van der Waals surface area contributed by atoms with Crippen molar-refractivity contribution in [3.8, 4) is 0 Å². The molecule has 1 aromatic rings. The van der Waals surface area contributed by atoms with Gasteiger partial charge < -0.3 is 15.7 Å². The van der Waals surface area contributed by atoms with Crippen LogP contribution in [0.4, 0.5) is 5.69 Å². The van der Waals surface area contributed by atoms with Crippen LogP contribution in [0, 0.1) is 0 Å². The molecule has 0 saturated carbocycles. The molecule has 0 bridgehead atoms. The summed E-state index contributed by atoms with van der Waals surface area (Å²) in [6, 6.07) is 1.75. The van der Waals surface area contributed by atoms with Gasteiger partial charge in [-0.1, -0.05) is 0 Å². The molecule has 1 saturated heterocycles. The van der Waals surface area contributed by atoms with E-state index in [-0.39, 0.29) is 5.91 Å². The number of aliphatic hydroxyl groups is 1. The summed E-state index contributed by atoms with van der Waals surface area (Å²) >= 11 is 1.37. The Morgan fingerprint density at radius 1 is 1.56 bits per heavy atom. The third-order valence-electron chi connectivity index (χ3n) is 3.02. The molecule has 88 valence electrons. The van der Waals surface area contributed by atoms with E-state index in [1.165, 1.54) is 11.3 Å². The maximum atomic E-state index is 12.1. The van der Waals surface area contributed by atoms with Crippen LogP contribution in [-0.4, -0.2) is 34.6 Å². The average Bonchev–Trinajstić information content (AvgIpc) is 2.63. The molecule has 2 heterocycles. The Morgan fingerprint density at radius 3 is 2.69 bits per heavy atom. The van der Waals surface area contributed by atoms with Gasteiger partial charge in [-0.15, -0.1) is 11.3 Å². The van der Waals surface area contributed by atoms with Gasteiger partial charge in [-0.3, -0.25) is 4.79 Å². The van der Waals surface area contributed by atoms with E-state index >= 15 is 0 Å². The van der Waals surface area contributed by atoms with Crippen LogP contribution in [0.15, 0.2) is 11.4 Å². The monoisotopic (exact) mass is 240 g/mol. The highest BCUT2D eigenvalue weighted by atomic mass is 32.1. The van der Waals surface area contributed by atoms with E-state index in [4.69, 9.17) is 5.73 Å². The van der Waals surface area contributed by atoms with Gasteiger partial charge in [0.25, 0.3) is 5.91 Å². The van der Waals surface area contributed by atoms with Crippen molar-refractivity contribution in [3.63, 3.8) is 0 Å². The molecule has 16 heavy (non-hydrogen) atoms. The smallest absolute Gasteiger partial charge is 0.266 e. The Bertz CT molecular complexity index is 390. The van der Waals surface area contributed by atoms with E-state index in [9.17, 15) is 9.90 Å². The second-order valence-electron chi connectivity index (χ2n) is 4.49. The van der Waals surface area contributed by atoms with Crippen LogP contribution in [0.2, 0.25) is 0 Å². The Kier molecular flexibility index (Phi) is 2.90. The maximum absolute atomic E-state index is 12.1. The summed E-state index contributed by atoms with van der Waals surface area (Å²) in [5.74, 6) is -0.0111. The van der Waals surface area contributed by atoms with Gasteiger partial charge >= 0.3 is 0 Å². The molecule has 0 radical (unpaired) electrons. The van der Waals surface area contributed by atoms with Gasteiger partial charge in [-0.2, -0.15) is 0 Å². The summed E-state index contributed by atoms with van der Waals surface area (Å²) in [6.45, 7) is 3.01. The highest BCUT2D eigenvalue weighted by molar-refractivity contribution is 7.12. The van der Waals surface area contributed by atoms with Gasteiger partial charge in [0.1, 0.15) is 4.88 Å². The summed E-state index contributed by atoms with van der Waals surface area (Å²) in [6.07, 6.45) is 1.26. The van der Waals surface area contributed by atoms with Crippen molar-refractivity contribution < 1.29 is 9.90 Å². The Labute approximate surface area is 98.7 Å². The first kappa shape index (κ1) is 11.4. The van der Waals surface area contributed by atoms with E-state index in [1.54, 1.807) is 11.0 Å². The Morgan fingerprint density at radius 2 is 2.19 bits per heavy atom. The van der Waals surface area contributed by atoms with E-state index in [0.717, 1.165) is 0 Å². The minimum absolute atomic E-state index is 0.0111. The molecule has 3 N–H and O–H groups in total. The number of piperidine rings is 1. The number of carbonyl (C=O) groups is 1. The molecular formula is C11H16N2O2S. The van der Waals surface area contributed by atoms with E-state index in [0.29, 0.717) is 36.5 Å². The molecule has 1 amide bonds. The van der Waals surface area contributed by atoms with Crippen LogP contribution in [0.3, 0.4) is 0 Å². The number of likely N-dealkylation sites (tertiary alicyclic amines) is 1. The highest BCUT2D eigenvalue weighted by Crippen LogP contribution is 2.26. The standard InChI is InChI=1S/C11H16N2O2S/c1-11(15)3-5-13(6-4-11)10(14)9-8(12)2-7-16-9/h2,7,15H,3-6,12H2,1H3. The molecule has 1 aliphatic heterocycles. The summed E-state index contributed by atoms with van der Waals surface area (Å²) in [7, 11) is 0. The maximum Gasteiger partial charge on any atom is 0.266 e. The molecule has 1 aliphatic rings. The lowest BCUT2D eigenvalue weighted by atomic mass is 9.94. The minimum Gasteiger partial charge on any atom is -0.397 e. The number of nitrogen functional groups attached to an aromatic ring is 1. The number of hydrogen-bond donors (Lipinski definition) is 2. The molecule has 2 rings (SSSR count). The van der Waals surface area contributed by atoms with Crippen molar-refractivity contribution in [3.05, 3.63) is 16.3 Å². The fourth-order valence-electron chi connectivity index (χ4n) is 1.83. The largest absolute Gasteiger partial charge is 0.397 e. The first-order valence-electron chi connectivity index (χ1n) is 5.34. The van der Waals surface area contributed by atoms with Gasteiger partial charge in [-0.05, 0) is 31.2 Å². The van der Waals surface area contributed by atoms with Crippen molar-refractivity contribution in [1.29, 1.82) is 0 Å². The van der Waals surface area contributed by atoms with Crippen LogP contribution in [0.1, 0.15) is 29.4 Å². The molecular weight excluding hydrogens is 224 g/mol. The fraction of sp³-hybridized carbons (Fsp3) is 0.545. The molecule has 4 nitrogen and oxygen atoms in total. The molecule has 0 aliphatic carbocycles. The lowest BCUT2D eigenvalue weighted by molar-refractivity contribution is -0.00184. The topological polar surface area (TPSA) is 66.6 Å². The van der Waals surface area contributed by atoms with Crippen molar-refractivity contribution >= 4 is 22.9 Å². The lowest BCUT2D eigenvalue weighted by Crippen LogP contribution is -2.45. The normalized spacial score (nSPS) is 19.8. The van der Waals surface area contributed by atoms with E-state index < -0.39 is 5.60 Å². The van der Waals surface area contributed by atoms with Crippen LogP contribution >= 0.6 is 11.3 Å². The van der Waals surface area contributed by atoms with Gasteiger partial charge in [0.05, 0.1) is 11.3 Å². The molecule has 0 aromatic carbocycles. The van der Waals surface area contributed by atoms with Crippen molar-refractivity contribution in [1.82, 2.24) is 4.90 Å². The van der Waals surface area contributed by atoms with Crippen LogP contribution in [0.25, 0.3) is 0 Å². The second-order valence-corrected chi connectivity index (χ2v) is 5.41. The number of anilines is 1. The minimum atomic E-state index is -0.627. The van der Waals surface area contributed by atoms with Crippen LogP contribution in [-0.2, 0) is 0 Å². The van der Waals surface area contributed by atoms with Gasteiger partial charge in [0, 0.05) is 13.1 Å². The third-order valence-corrected chi connectivity index (χ3v) is 3.94. The Hall–Kier alpha value is -1.07. The molecule has 1 fully saturated rings. The van der Waals surface area contributed by atoms with Crippen LogP contribution in [0.5, 0.6) is 0 Å².